The number of halogens is 3. The van der Waals surface area contributed by atoms with Crippen molar-refractivity contribution < 1.29 is 41.6 Å². The van der Waals surface area contributed by atoms with E-state index in [0.717, 1.165) is 42.5 Å². The monoisotopic (exact) mass is 674 g/mol. The molecule has 258 valence electrons. The van der Waals surface area contributed by atoms with E-state index in [1.165, 1.54) is 31.4 Å². The molecule has 4 aliphatic carbocycles. The third-order valence-corrected chi connectivity index (χ3v) is 10.8. The van der Waals surface area contributed by atoms with Gasteiger partial charge in [-0.1, -0.05) is 72.5 Å². The van der Waals surface area contributed by atoms with Crippen molar-refractivity contribution in [2.75, 3.05) is 13.2 Å². The lowest BCUT2D eigenvalue weighted by Crippen LogP contribution is -2.65. The number of benzene rings is 3. The Morgan fingerprint density at radius 1 is 0.755 bits per heavy atom. The Kier molecular flexibility index (Phi) is 9.29. The van der Waals surface area contributed by atoms with Gasteiger partial charge in [0.15, 0.2) is 12.6 Å². The lowest BCUT2D eigenvalue weighted by Gasteiger charge is -2.58. The first-order valence-electron chi connectivity index (χ1n) is 17.4. The number of fused-ring (bicyclic) bond motifs is 1. The van der Waals surface area contributed by atoms with Crippen molar-refractivity contribution in [3.8, 4) is 11.8 Å². The zero-order valence-corrected chi connectivity index (χ0v) is 27.2. The van der Waals surface area contributed by atoms with Crippen LogP contribution in [-0.4, -0.2) is 49.5 Å². The van der Waals surface area contributed by atoms with Crippen LogP contribution < -0.4 is 0 Å². The molecule has 0 amide bonds. The minimum absolute atomic E-state index is 0.00299. The van der Waals surface area contributed by atoms with Crippen LogP contribution in [0.25, 0.3) is 0 Å². The van der Waals surface area contributed by atoms with E-state index >= 15 is 0 Å². The average Bonchev–Trinajstić information content (AvgIpc) is 3.09. The fraction of sp³-hybridized carbons (Fsp3) is 0.500. The van der Waals surface area contributed by atoms with Crippen molar-refractivity contribution >= 4 is 0 Å². The van der Waals surface area contributed by atoms with E-state index in [2.05, 4.69) is 11.8 Å². The van der Waals surface area contributed by atoms with Gasteiger partial charge in [0.2, 0.25) is 0 Å². The molecular weight excluding hydrogens is 633 g/mol. The molecule has 0 unspecified atom stereocenters. The van der Waals surface area contributed by atoms with Crippen LogP contribution in [0.2, 0.25) is 0 Å². The molecule has 6 atom stereocenters. The lowest BCUT2D eigenvalue weighted by atomic mass is 9.54. The van der Waals surface area contributed by atoms with Gasteiger partial charge in [-0.2, -0.15) is 13.2 Å². The van der Waals surface area contributed by atoms with Gasteiger partial charge in [0.1, 0.15) is 31.0 Å². The normalized spacial score (nSPS) is 35.0. The van der Waals surface area contributed by atoms with Crippen LogP contribution in [0, 0.1) is 29.6 Å². The number of ether oxygens (including phenoxy) is 6. The maximum Gasteiger partial charge on any atom is 0.416 e. The van der Waals surface area contributed by atoms with Crippen molar-refractivity contribution in [3.63, 3.8) is 0 Å². The number of hydrogen-bond acceptors (Lipinski definition) is 6. The molecule has 9 rings (SSSR count). The van der Waals surface area contributed by atoms with Crippen LogP contribution in [0.5, 0.6) is 0 Å². The van der Waals surface area contributed by atoms with Gasteiger partial charge in [0.25, 0.3) is 0 Å². The smallest absolute Gasteiger partial charge is 0.368 e. The molecule has 2 heterocycles. The Labute approximate surface area is 285 Å². The van der Waals surface area contributed by atoms with Crippen molar-refractivity contribution in [3.05, 3.63) is 107 Å². The zero-order chi connectivity index (χ0) is 33.4. The van der Waals surface area contributed by atoms with E-state index in [1.54, 1.807) is 0 Å². The van der Waals surface area contributed by atoms with E-state index in [1.807, 2.05) is 60.7 Å². The molecule has 6 nitrogen and oxygen atoms in total. The molecule has 0 radical (unpaired) electrons. The summed E-state index contributed by atoms with van der Waals surface area (Å²) in [5, 5.41) is 0. The van der Waals surface area contributed by atoms with Crippen molar-refractivity contribution in [2.45, 2.75) is 93.9 Å². The summed E-state index contributed by atoms with van der Waals surface area (Å²) in [4.78, 5) is 0. The topological polar surface area (TPSA) is 55.4 Å². The van der Waals surface area contributed by atoms with E-state index in [0.29, 0.717) is 36.5 Å². The first-order chi connectivity index (χ1) is 23.8. The summed E-state index contributed by atoms with van der Waals surface area (Å²) < 4.78 is 79.2. The summed E-state index contributed by atoms with van der Waals surface area (Å²) in [7, 11) is 0. The predicted octanol–water partition coefficient (Wildman–Crippen LogP) is 7.85. The van der Waals surface area contributed by atoms with Crippen LogP contribution in [-0.2, 0) is 41.2 Å². The van der Waals surface area contributed by atoms with Crippen molar-refractivity contribution in [2.24, 2.45) is 17.8 Å². The third kappa shape index (κ3) is 7.32. The maximum atomic E-state index is 13.1. The Balaban J connectivity index is 1.07. The summed E-state index contributed by atoms with van der Waals surface area (Å²) in [5.41, 5.74) is 1.39. The quantitative estimate of drug-likeness (QED) is 0.227. The highest BCUT2D eigenvalue weighted by Crippen LogP contribution is 2.58. The van der Waals surface area contributed by atoms with E-state index in [9.17, 15) is 13.2 Å². The van der Waals surface area contributed by atoms with Crippen LogP contribution >= 0.6 is 0 Å². The Hall–Kier alpha value is -3.23. The van der Waals surface area contributed by atoms with Gasteiger partial charge in [-0.15, -0.1) is 0 Å². The zero-order valence-electron chi connectivity index (χ0n) is 27.2. The van der Waals surface area contributed by atoms with Gasteiger partial charge in [0.05, 0.1) is 24.4 Å². The third-order valence-electron chi connectivity index (χ3n) is 10.8. The Morgan fingerprint density at radius 3 is 2.06 bits per heavy atom. The average molecular weight is 675 g/mol. The number of hydrogen-bond donors (Lipinski definition) is 0. The van der Waals surface area contributed by atoms with Gasteiger partial charge < -0.3 is 28.4 Å². The van der Waals surface area contributed by atoms with E-state index < -0.39 is 48.7 Å². The fourth-order valence-electron chi connectivity index (χ4n) is 8.99. The standard InChI is InChI=1S/C40H41F3O6/c41-40(42,43)32-15-13-26(14-16-32)10-7-17-44-36-35(45-24-27-8-3-1-4-9-27)34-33(25-46-37(48-34)31-11-5-2-6-12-31)47-38(36)49-39-21-28-18-29(22-39)20-30(19-28)23-39/h1-6,8-9,11-16,28-30,33-38H,17-25H2/t28?,29?,30?,33-,34-,35+,36+,37-,38+,39?/m1/s1. The highest BCUT2D eigenvalue weighted by molar-refractivity contribution is 5.37. The lowest BCUT2D eigenvalue weighted by molar-refractivity contribution is -0.389. The molecule has 3 aromatic rings. The second-order valence-electron chi connectivity index (χ2n) is 14.4. The van der Waals surface area contributed by atoms with Crippen LogP contribution in [0.15, 0.2) is 84.9 Å². The van der Waals surface area contributed by atoms with Crippen LogP contribution in [0.4, 0.5) is 13.2 Å². The molecular formula is C40H41F3O6. The van der Waals surface area contributed by atoms with Crippen LogP contribution in [0.3, 0.4) is 0 Å². The first-order valence-corrected chi connectivity index (χ1v) is 17.4. The molecule has 0 spiro atoms. The van der Waals surface area contributed by atoms with E-state index in [4.69, 9.17) is 28.4 Å². The molecule has 3 aromatic carbocycles. The second kappa shape index (κ2) is 13.8. The molecule has 0 aromatic heterocycles. The summed E-state index contributed by atoms with van der Waals surface area (Å²) in [5.74, 6) is 7.98. The molecule has 6 aliphatic rings. The molecule has 4 bridgehead atoms. The van der Waals surface area contributed by atoms with Gasteiger partial charge in [-0.25, -0.2) is 0 Å². The largest absolute Gasteiger partial charge is 0.416 e. The van der Waals surface area contributed by atoms with Crippen LogP contribution in [0.1, 0.15) is 67.1 Å². The summed E-state index contributed by atoms with van der Waals surface area (Å²) in [6.07, 6.45) is -1.08. The number of rotatable bonds is 8. The molecule has 2 aliphatic heterocycles. The minimum atomic E-state index is -4.40. The highest BCUT2D eigenvalue weighted by Gasteiger charge is 2.57. The van der Waals surface area contributed by atoms with E-state index in [-0.39, 0.29) is 12.2 Å². The molecule has 0 N–H and O–H groups in total. The summed E-state index contributed by atoms with van der Waals surface area (Å²) in [6, 6.07) is 24.6. The fourth-order valence-corrected chi connectivity index (χ4v) is 8.99. The summed E-state index contributed by atoms with van der Waals surface area (Å²) >= 11 is 0. The van der Waals surface area contributed by atoms with Gasteiger partial charge in [-0.05, 0) is 86.1 Å². The molecule has 49 heavy (non-hydrogen) atoms. The SMILES string of the molecule is FC(F)(F)c1ccc(C#CCO[C@@H]2[C@H](OC34CC5CC(CC(C5)C3)C4)O[C@@H]3CO[C@@H](c4ccccc4)O[C@H]3[C@@H]2OCc2ccccc2)cc1. The highest BCUT2D eigenvalue weighted by atomic mass is 19.4. The molecule has 2 saturated heterocycles. The van der Waals surface area contributed by atoms with Gasteiger partial charge >= 0.3 is 6.18 Å². The molecule has 9 heteroatoms. The Morgan fingerprint density at radius 2 is 1.41 bits per heavy atom. The second-order valence-corrected chi connectivity index (χ2v) is 14.4. The van der Waals surface area contributed by atoms with Gasteiger partial charge in [0, 0.05) is 11.1 Å². The number of alkyl halides is 3. The van der Waals surface area contributed by atoms with Gasteiger partial charge in [-0.3, -0.25) is 0 Å². The predicted molar refractivity (Wildman–Crippen MR) is 174 cm³/mol. The first kappa shape index (κ1) is 32.9. The maximum absolute atomic E-state index is 13.1. The van der Waals surface area contributed by atoms with Crippen molar-refractivity contribution in [1.29, 1.82) is 0 Å². The minimum Gasteiger partial charge on any atom is -0.368 e. The molecule has 6 fully saturated rings. The van der Waals surface area contributed by atoms with Crippen molar-refractivity contribution in [1.82, 2.24) is 0 Å². The molecule has 4 saturated carbocycles. The Bertz CT molecular complexity index is 1580. The summed E-state index contributed by atoms with van der Waals surface area (Å²) in [6.45, 7) is 0.629.